The van der Waals surface area contributed by atoms with Crippen LogP contribution in [-0.4, -0.2) is 24.6 Å². The number of benzene rings is 1. The Labute approximate surface area is 116 Å². The number of nitrogens with one attached hydrogen (secondary N) is 2. The van der Waals surface area contributed by atoms with Crippen LogP contribution in [0, 0.1) is 0 Å². The number of nitrogens with zero attached hydrogens (tertiary/aromatic N) is 1. The largest absolute Gasteiger partial charge is 0.354 e. The standard InChI is InChI=1S/C14H18BrN3/c1-9-8-16-14(17-9)18-13-6-11(7-13)10-2-4-12(15)5-3-10/h2-5,9,11,13H,6-8H2,1H3,(H2,16,17,18). The highest BCUT2D eigenvalue weighted by atomic mass is 79.9. The lowest BCUT2D eigenvalue weighted by Gasteiger charge is -2.36. The zero-order valence-corrected chi connectivity index (χ0v) is 12.1. The fourth-order valence-corrected chi connectivity index (χ4v) is 2.84. The molecule has 0 amide bonds. The number of aliphatic imine (C=N–C) groups is 1. The van der Waals surface area contributed by atoms with E-state index >= 15 is 0 Å². The molecule has 2 N–H and O–H groups in total. The van der Waals surface area contributed by atoms with E-state index in [0.29, 0.717) is 18.0 Å². The molecular formula is C14H18BrN3. The van der Waals surface area contributed by atoms with Crippen LogP contribution in [0.25, 0.3) is 0 Å². The van der Waals surface area contributed by atoms with E-state index in [1.54, 1.807) is 0 Å². The van der Waals surface area contributed by atoms with Gasteiger partial charge in [0.05, 0.1) is 6.54 Å². The van der Waals surface area contributed by atoms with Gasteiger partial charge in [0.1, 0.15) is 0 Å². The van der Waals surface area contributed by atoms with Gasteiger partial charge in [-0.15, -0.1) is 0 Å². The van der Waals surface area contributed by atoms with E-state index in [2.05, 4.69) is 62.7 Å². The van der Waals surface area contributed by atoms with Crippen LogP contribution in [0.15, 0.2) is 33.7 Å². The molecule has 0 radical (unpaired) electrons. The summed E-state index contributed by atoms with van der Waals surface area (Å²) in [5, 5.41) is 6.83. The predicted molar refractivity (Wildman–Crippen MR) is 77.9 cm³/mol. The summed E-state index contributed by atoms with van der Waals surface area (Å²) < 4.78 is 1.15. The molecule has 1 aromatic carbocycles. The van der Waals surface area contributed by atoms with Crippen molar-refractivity contribution in [2.24, 2.45) is 4.99 Å². The highest BCUT2D eigenvalue weighted by Crippen LogP contribution is 2.37. The fraction of sp³-hybridized carbons (Fsp3) is 0.500. The third kappa shape index (κ3) is 2.53. The second-order valence-electron chi connectivity index (χ2n) is 5.30. The van der Waals surface area contributed by atoms with E-state index in [1.807, 2.05) is 0 Å². The number of halogens is 1. The van der Waals surface area contributed by atoms with Crippen LogP contribution in [-0.2, 0) is 0 Å². The van der Waals surface area contributed by atoms with Crippen molar-refractivity contribution in [1.82, 2.24) is 10.6 Å². The van der Waals surface area contributed by atoms with Crippen molar-refractivity contribution in [1.29, 1.82) is 0 Å². The summed E-state index contributed by atoms with van der Waals surface area (Å²) >= 11 is 3.47. The molecule has 3 nitrogen and oxygen atoms in total. The van der Waals surface area contributed by atoms with Crippen molar-refractivity contribution in [3.05, 3.63) is 34.3 Å². The molecule has 96 valence electrons. The second-order valence-corrected chi connectivity index (χ2v) is 6.21. The molecule has 2 aliphatic rings. The molecule has 18 heavy (non-hydrogen) atoms. The molecule has 0 saturated heterocycles. The zero-order valence-electron chi connectivity index (χ0n) is 10.5. The molecule has 1 aliphatic heterocycles. The van der Waals surface area contributed by atoms with Gasteiger partial charge in [-0.1, -0.05) is 28.1 Å². The van der Waals surface area contributed by atoms with E-state index in [-0.39, 0.29) is 0 Å². The Morgan fingerprint density at radius 3 is 2.61 bits per heavy atom. The number of hydrogen-bond acceptors (Lipinski definition) is 3. The number of guanidine groups is 1. The van der Waals surface area contributed by atoms with Crippen molar-refractivity contribution in [2.45, 2.75) is 37.8 Å². The Kier molecular flexibility index (Phi) is 3.29. The molecule has 0 bridgehead atoms. The van der Waals surface area contributed by atoms with E-state index < -0.39 is 0 Å². The maximum absolute atomic E-state index is 4.44. The van der Waals surface area contributed by atoms with Crippen LogP contribution in [0.5, 0.6) is 0 Å². The first-order valence-electron chi connectivity index (χ1n) is 6.53. The second kappa shape index (κ2) is 4.92. The Morgan fingerprint density at radius 1 is 1.28 bits per heavy atom. The van der Waals surface area contributed by atoms with Crippen molar-refractivity contribution in [3.63, 3.8) is 0 Å². The Morgan fingerprint density at radius 2 is 2.00 bits per heavy atom. The third-order valence-electron chi connectivity index (χ3n) is 3.73. The maximum atomic E-state index is 4.44. The van der Waals surface area contributed by atoms with Gasteiger partial charge in [0.15, 0.2) is 5.96 Å². The van der Waals surface area contributed by atoms with Crippen LogP contribution in [0.1, 0.15) is 31.2 Å². The fourth-order valence-electron chi connectivity index (χ4n) is 2.58. The summed E-state index contributed by atoms with van der Waals surface area (Å²) in [5.74, 6) is 1.69. The van der Waals surface area contributed by atoms with Crippen molar-refractivity contribution >= 4 is 21.9 Å². The molecule has 1 atom stereocenters. The highest BCUT2D eigenvalue weighted by Gasteiger charge is 2.31. The van der Waals surface area contributed by atoms with Gasteiger partial charge in [-0.05, 0) is 43.4 Å². The van der Waals surface area contributed by atoms with Gasteiger partial charge in [0, 0.05) is 16.6 Å². The van der Waals surface area contributed by atoms with Gasteiger partial charge in [0.2, 0.25) is 0 Å². The minimum Gasteiger partial charge on any atom is -0.354 e. The number of hydrogen-bond donors (Lipinski definition) is 2. The van der Waals surface area contributed by atoms with E-state index in [9.17, 15) is 0 Å². The topological polar surface area (TPSA) is 36.4 Å². The Hall–Kier alpha value is -1.03. The minimum atomic E-state index is 0.481. The molecule has 0 aromatic heterocycles. The molecule has 1 heterocycles. The van der Waals surface area contributed by atoms with Gasteiger partial charge in [0.25, 0.3) is 0 Å². The number of rotatable bonds is 2. The van der Waals surface area contributed by atoms with Gasteiger partial charge in [-0.2, -0.15) is 0 Å². The molecule has 4 heteroatoms. The first kappa shape index (κ1) is 12.0. The summed E-state index contributed by atoms with van der Waals surface area (Å²) in [5.41, 5.74) is 1.45. The van der Waals surface area contributed by atoms with Crippen LogP contribution < -0.4 is 10.6 Å². The SMILES string of the molecule is CC1CN=C(NC2CC(c3ccc(Br)cc3)C2)N1. The molecule has 0 spiro atoms. The smallest absolute Gasteiger partial charge is 0.191 e. The molecule has 1 aliphatic carbocycles. The molecule has 1 fully saturated rings. The third-order valence-corrected chi connectivity index (χ3v) is 4.26. The zero-order chi connectivity index (χ0) is 12.5. The van der Waals surface area contributed by atoms with Crippen molar-refractivity contribution in [2.75, 3.05) is 6.54 Å². The summed E-state index contributed by atoms with van der Waals surface area (Å²) in [6.07, 6.45) is 2.41. The van der Waals surface area contributed by atoms with E-state index in [4.69, 9.17) is 0 Å². The van der Waals surface area contributed by atoms with E-state index in [1.165, 1.54) is 18.4 Å². The van der Waals surface area contributed by atoms with Gasteiger partial charge >= 0.3 is 0 Å². The monoisotopic (exact) mass is 307 g/mol. The normalized spacial score (nSPS) is 30.3. The predicted octanol–water partition coefficient (Wildman–Crippen LogP) is 2.63. The Bertz CT molecular complexity index is 449. The van der Waals surface area contributed by atoms with Crippen LogP contribution >= 0.6 is 15.9 Å². The van der Waals surface area contributed by atoms with Crippen LogP contribution in [0.4, 0.5) is 0 Å². The quantitative estimate of drug-likeness (QED) is 0.881. The van der Waals surface area contributed by atoms with Gasteiger partial charge in [-0.25, -0.2) is 0 Å². The lowest BCUT2D eigenvalue weighted by Crippen LogP contribution is -2.48. The summed E-state index contributed by atoms with van der Waals surface area (Å²) in [4.78, 5) is 4.44. The van der Waals surface area contributed by atoms with Gasteiger partial charge < -0.3 is 10.6 Å². The lowest BCUT2D eigenvalue weighted by atomic mass is 9.76. The van der Waals surface area contributed by atoms with Crippen LogP contribution in [0.2, 0.25) is 0 Å². The maximum Gasteiger partial charge on any atom is 0.191 e. The lowest BCUT2D eigenvalue weighted by molar-refractivity contribution is 0.322. The summed E-state index contributed by atoms with van der Waals surface area (Å²) in [7, 11) is 0. The minimum absolute atomic E-state index is 0.481. The van der Waals surface area contributed by atoms with Crippen molar-refractivity contribution in [3.8, 4) is 0 Å². The molecule has 1 unspecified atom stereocenters. The average Bonchev–Trinajstić information content (AvgIpc) is 2.71. The first-order chi connectivity index (χ1) is 8.70. The van der Waals surface area contributed by atoms with Crippen LogP contribution in [0.3, 0.4) is 0 Å². The highest BCUT2D eigenvalue weighted by molar-refractivity contribution is 9.10. The molecular weight excluding hydrogens is 290 g/mol. The molecule has 1 saturated carbocycles. The molecule has 1 aromatic rings. The van der Waals surface area contributed by atoms with Crippen molar-refractivity contribution < 1.29 is 0 Å². The van der Waals surface area contributed by atoms with E-state index in [0.717, 1.165) is 17.0 Å². The first-order valence-corrected chi connectivity index (χ1v) is 7.33. The summed E-state index contributed by atoms with van der Waals surface area (Å²) in [6, 6.07) is 9.75. The Balaban J connectivity index is 1.50. The molecule has 3 rings (SSSR count). The summed E-state index contributed by atoms with van der Waals surface area (Å²) in [6.45, 7) is 3.05. The van der Waals surface area contributed by atoms with Gasteiger partial charge in [-0.3, -0.25) is 4.99 Å². The average molecular weight is 308 g/mol.